The number of ether oxygens (including phenoxy) is 1. The van der Waals surface area contributed by atoms with Crippen LogP contribution in [0.3, 0.4) is 0 Å². The summed E-state index contributed by atoms with van der Waals surface area (Å²) >= 11 is 5.85. The minimum absolute atomic E-state index is 0.00637. The van der Waals surface area contributed by atoms with Crippen molar-refractivity contribution in [3.05, 3.63) is 77.6 Å². The van der Waals surface area contributed by atoms with E-state index in [4.69, 9.17) is 16.3 Å². The van der Waals surface area contributed by atoms with Crippen molar-refractivity contribution in [3.63, 3.8) is 0 Å². The van der Waals surface area contributed by atoms with Crippen molar-refractivity contribution in [2.45, 2.75) is 9.79 Å². The van der Waals surface area contributed by atoms with Crippen LogP contribution < -0.4 is 14.2 Å². The molecule has 0 aliphatic carbocycles. The van der Waals surface area contributed by atoms with Crippen LogP contribution in [0.5, 0.6) is 5.75 Å². The summed E-state index contributed by atoms with van der Waals surface area (Å²) in [6.45, 7) is 0. The number of sulfonamides is 2. The lowest BCUT2D eigenvalue weighted by Gasteiger charge is -2.15. The predicted octanol–water partition coefficient (Wildman–Crippen LogP) is 4.09. The molecule has 3 rings (SSSR count). The molecule has 0 saturated carbocycles. The molecular weight excluding hydrogens is 455 g/mol. The molecule has 7 nitrogen and oxygen atoms in total. The van der Waals surface area contributed by atoms with Crippen molar-refractivity contribution in [2.24, 2.45) is 0 Å². The number of nitrogens with one attached hydrogen (secondary N) is 2. The molecule has 0 amide bonds. The largest absolute Gasteiger partial charge is 0.495 e. The fourth-order valence-electron chi connectivity index (χ4n) is 2.52. The third-order valence-electron chi connectivity index (χ3n) is 3.93. The molecule has 158 valence electrons. The molecule has 3 aromatic carbocycles. The zero-order chi connectivity index (χ0) is 21.9. The van der Waals surface area contributed by atoms with E-state index in [0.717, 1.165) is 24.3 Å². The van der Waals surface area contributed by atoms with Crippen LogP contribution >= 0.6 is 11.6 Å². The average Bonchev–Trinajstić information content (AvgIpc) is 2.68. The highest BCUT2D eigenvalue weighted by atomic mass is 35.5. The van der Waals surface area contributed by atoms with Gasteiger partial charge in [-0.25, -0.2) is 21.2 Å². The van der Waals surface area contributed by atoms with Gasteiger partial charge in [-0.3, -0.25) is 9.44 Å². The first-order valence-corrected chi connectivity index (χ1v) is 11.7. The standard InChI is InChI=1S/C19H16ClFN2O5S2/c1-28-19-10-7-15(22-30(26,27)17-4-2-3-13(20)11-17)12-18(19)23-29(24,25)16-8-5-14(21)6-9-16/h2-12,22-23H,1H3. The van der Waals surface area contributed by atoms with Crippen LogP contribution in [0.4, 0.5) is 15.8 Å². The van der Waals surface area contributed by atoms with Gasteiger partial charge in [0.25, 0.3) is 20.0 Å². The van der Waals surface area contributed by atoms with Crippen LogP contribution in [0.1, 0.15) is 0 Å². The number of methoxy groups -OCH3 is 1. The summed E-state index contributed by atoms with van der Waals surface area (Å²) in [4.78, 5) is -0.227. The Balaban J connectivity index is 1.93. The number of hydrogen-bond acceptors (Lipinski definition) is 5. The van der Waals surface area contributed by atoms with Crippen molar-refractivity contribution in [1.82, 2.24) is 0 Å². The van der Waals surface area contributed by atoms with Crippen LogP contribution in [0.15, 0.2) is 76.5 Å². The summed E-state index contributed by atoms with van der Waals surface area (Å²) in [6, 6.07) is 14.0. The van der Waals surface area contributed by atoms with Gasteiger partial charge in [-0.1, -0.05) is 17.7 Å². The second-order valence-corrected chi connectivity index (χ2v) is 9.84. The van der Waals surface area contributed by atoms with Gasteiger partial charge in [-0.2, -0.15) is 0 Å². The monoisotopic (exact) mass is 470 g/mol. The van der Waals surface area contributed by atoms with E-state index < -0.39 is 25.9 Å². The van der Waals surface area contributed by atoms with Crippen LogP contribution in [0.25, 0.3) is 0 Å². The van der Waals surface area contributed by atoms with E-state index in [0.29, 0.717) is 0 Å². The smallest absolute Gasteiger partial charge is 0.262 e. The summed E-state index contributed by atoms with van der Waals surface area (Å²) in [5.74, 6) is -0.421. The number of benzene rings is 3. The highest BCUT2D eigenvalue weighted by molar-refractivity contribution is 7.93. The maximum atomic E-state index is 13.1. The zero-order valence-electron chi connectivity index (χ0n) is 15.5. The Kier molecular flexibility index (Phi) is 6.20. The third-order valence-corrected chi connectivity index (χ3v) is 6.92. The van der Waals surface area contributed by atoms with Crippen molar-refractivity contribution in [1.29, 1.82) is 0 Å². The van der Waals surface area contributed by atoms with E-state index >= 15 is 0 Å². The Labute approximate surface area is 178 Å². The van der Waals surface area contributed by atoms with E-state index in [1.165, 1.54) is 49.6 Å². The third kappa shape index (κ3) is 5.02. The molecule has 11 heteroatoms. The fraction of sp³-hybridized carbons (Fsp3) is 0.0526. The summed E-state index contributed by atoms with van der Waals surface area (Å²) in [7, 11) is -6.71. The maximum absolute atomic E-state index is 13.1. The highest BCUT2D eigenvalue weighted by Crippen LogP contribution is 2.31. The molecule has 0 spiro atoms. The molecule has 0 unspecified atom stereocenters. The van der Waals surface area contributed by atoms with Gasteiger partial charge in [0, 0.05) is 5.02 Å². The Hall–Kier alpha value is -2.82. The molecule has 0 saturated heterocycles. The Morgan fingerprint density at radius 1 is 0.833 bits per heavy atom. The summed E-state index contributed by atoms with van der Waals surface area (Å²) < 4.78 is 73.3. The summed E-state index contributed by atoms with van der Waals surface area (Å²) in [5.41, 5.74) is 0.0840. The van der Waals surface area contributed by atoms with Crippen LogP contribution in [-0.4, -0.2) is 23.9 Å². The predicted molar refractivity (Wildman–Crippen MR) is 112 cm³/mol. The quantitative estimate of drug-likeness (QED) is 0.541. The Morgan fingerprint density at radius 2 is 1.50 bits per heavy atom. The first kappa shape index (κ1) is 21.9. The molecule has 0 fully saturated rings. The second kappa shape index (κ2) is 8.50. The second-order valence-electron chi connectivity index (χ2n) is 6.04. The molecule has 30 heavy (non-hydrogen) atoms. The lowest BCUT2D eigenvalue weighted by atomic mass is 10.2. The first-order valence-electron chi connectivity index (χ1n) is 8.35. The SMILES string of the molecule is COc1ccc(NS(=O)(=O)c2cccc(Cl)c2)cc1NS(=O)(=O)c1ccc(F)cc1. The molecule has 3 aromatic rings. The van der Waals surface area contributed by atoms with Crippen molar-refractivity contribution < 1.29 is 26.0 Å². The van der Waals surface area contributed by atoms with E-state index in [9.17, 15) is 21.2 Å². The van der Waals surface area contributed by atoms with Gasteiger partial charge in [-0.15, -0.1) is 0 Å². The molecule has 0 bridgehead atoms. The summed E-state index contributed by atoms with van der Waals surface area (Å²) in [5, 5.41) is 0.250. The van der Waals surface area contributed by atoms with Gasteiger partial charge in [-0.05, 0) is 60.7 Å². The minimum Gasteiger partial charge on any atom is -0.495 e. The Bertz CT molecular complexity index is 1280. The van der Waals surface area contributed by atoms with Gasteiger partial charge in [0.2, 0.25) is 0 Å². The molecule has 0 atom stereocenters. The van der Waals surface area contributed by atoms with E-state index in [2.05, 4.69) is 9.44 Å². The van der Waals surface area contributed by atoms with Gasteiger partial charge in [0.15, 0.2) is 0 Å². The van der Waals surface area contributed by atoms with Crippen LogP contribution in [0.2, 0.25) is 5.02 Å². The number of anilines is 2. The maximum Gasteiger partial charge on any atom is 0.262 e. The molecule has 0 radical (unpaired) electrons. The molecule has 0 aliphatic heterocycles. The van der Waals surface area contributed by atoms with E-state index in [-0.39, 0.29) is 31.9 Å². The topological polar surface area (TPSA) is 102 Å². The molecule has 0 aliphatic rings. The van der Waals surface area contributed by atoms with E-state index in [1.807, 2.05) is 0 Å². The minimum atomic E-state index is -4.07. The lowest BCUT2D eigenvalue weighted by Crippen LogP contribution is -2.15. The normalized spacial score (nSPS) is 11.7. The van der Waals surface area contributed by atoms with Gasteiger partial charge >= 0.3 is 0 Å². The average molecular weight is 471 g/mol. The number of halogens is 2. The number of hydrogen-bond donors (Lipinski definition) is 2. The fourth-order valence-corrected chi connectivity index (χ4v) is 4.93. The molecule has 2 N–H and O–H groups in total. The molecule has 0 heterocycles. The first-order chi connectivity index (χ1) is 14.1. The van der Waals surface area contributed by atoms with Crippen molar-refractivity contribution in [3.8, 4) is 5.75 Å². The van der Waals surface area contributed by atoms with Crippen LogP contribution in [-0.2, 0) is 20.0 Å². The van der Waals surface area contributed by atoms with Crippen molar-refractivity contribution in [2.75, 3.05) is 16.6 Å². The van der Waals surface area contributed by atoms with Gasteiger partial charge < -0.3 is 4.74 Å². The highest BCUT2D eigenvalue weighted by Gasteiger charge is 2.19. The lowest BCUT2D eigenvalue weighted by molar-refractivity contribution is 0.417. The van der Waals surface area contributed by atoms with Crippen LogP contribution in [0, 0.1) is 5.82 Å². The van der Waals surface area contributed by atoms with E-state index in [1.54, 1.807) is 0 Å². The van der Waals surface area contributed by atoms with Gasteiger partial charge in [0.05, 0.1) is 28.3 Å². The molecule has 0 aromatic heterocycles. The number of rotatable bonds is 7. The zero-order valence-corrected chi connectivity index (χ0v) is 17.9. The van der Waals surface area contributed by atoms with Crippen molar-refractivity contribution >= 4 is 43.0 Å². The summed E-state index contributed by atoms with van der Waals surface area (Å²) in [6.07, 6.45) is 0. The Morgan fingerprint density at radius 3 is 2.13 bits per heavy atom. The van der Waals surface area contributed by atoms with Gasteiger partial charge in [0.1, 0.15) is 11.6 Å². The molecular formula is C19H16ClFN2O5S2.